The van der Waals surface area contributed by atoms with Gasteiger partial charge in [0.15, 0.2) is 5.75 Å². The Labute approximate surface area is 102 Å². The van der Waals surface area contributed by atoms with E-state index >= 15 is 0 Å². The van der Waals surface area contributed by atoms with E-state index in [4.69, 9.17) is 15.3 Å². The average molecular weight is 245 g/mol. The molecule has 18 heavy (non-hydrogen) atoms. The van der Waals surface area contributed by atoms with Crippen molar-refractivity contribution in [2.75, 3.05) is 5.73 Å². The molecule has 1 heterocycles. The molecule has 4 N–H and O–H groups in total. The summed E-state index contributed by atoms with van der Waals surface area (Å²) in [6.45, 7) is 0. The molecule has 0 saturated heterocycles. The summed E-state index contributed by atoms with van der Waals surface area (Å²) in [4.78, 5) is 11.1. The van der Waals surface area contributed by atoms with Crippen LogP contribution in [0.2, 0.25) is 0 Å². The van der Waals surface area contributed by atoms with Gasteiger partial charge in [-0.05, 0) is 23.8 Å². The second-order valence-corrected chi connectivity index (χ2v) is 3.67. The highest BCUT2D eigenvalue weighted by Gasteiger charge is 2.07. The van der Waals surface area contributed by atoms with Crippen molar-refractivity contribution in [3.05, 3.63) is 52.1 Å². The maximum atomic E-state index is 11.1. The molecule has 1 aromatic heterocycles. The van der Waals surface area contributed by atoms with Gasteiger partial charge < -0.3 is 20.4 Å². The Morgan fingerprint density at radius 3 is 2.39 bits per heavy atom. The van der Waals surface area contributed by atoms with Crippen molar-refractivity contribution in [2.45, 2.75) is 0 Å². The van der Waals surface area contributed by atoms with Gasteiger partial charge in [0.1, 0.15) is 5.76 Å². The van der Waals surface area contributed by atoms with Crippen LogP contribution in [0.4, 0.5) is 5.69 Å². The highest BCUT2D eigenvalue weighted by Crippen LogP contribution is 2.21. The molecule has 0 unspecified atom stereocenters. The van der Waals surface area contributed by atoms with Crippen molar-refractivity contribution in [1.29, 1.82) is 0 Å². The lowest BCUT2D eigenvalue weighted by molar-refractivity contribution is 0.362. The van der Waals surface area contributed by atoms with Crippen molar-refractivity contribution in [3.63, 3.8) is 0 Å². The van der Waals surface area contributed by atoms with Gasteiger partial charge in [-0.15, -0.1) is 0 Å². The summed E-state index contributed by atoms with van der Waals surface area (Å²) < 4.78 is 4.76. The molecule has 1 aromatic carbocycles. The first-order chi connectivity index (χ1) is 8.56. The van der Waals surface area contributed by atoms with Crippen LogP contribution >= 0.6 is 0 Å². The standard InChI is InChI=1S/C13H11NO4/c14-9-4-1-8(2-5-9)3-6-10-7-11(15)12(16)13(17)18-10/h1-7,15-16H,14H2/b6-3+. The molecule has 5 nitrogen and oxygen atoms in total. The molecule has 92 valence electrons. The van der Waals surface area contributed by atoms with Gasteiger partial charge in [0.2, 0.25) is 5.75 Å². The zero-order valence-corrected chi connectivity index (χ0v) is 9.33. The molecule has 0 aliphatic heterocycles. The van der Waals surface area contributed by atoms with E-state index in [0.717, 1.165) is 11.6 Å². The molecule has 0 bridgehead atoms. The van der Waals surface area contributed by atoms with Gasteiger partial charge in [0, 0.05) is 11.8 Å². The Balaban J connectivity index is 2.29. The molecule has 0 radical (unpaired) electrons. The van der Waals surface area contributed by atoms with Gasteiger partial charge >= 0.3 is 5.63 Å². The SMILES string of the molecule is Nc1ccc(/C=C/c2cc(O)c(O)c(=O)o2)cc1. The first-order valence-corrected chi connectivity index (χ1v) is 5.16. The molecule has 0 saturated carbocycles. The van der Waals surface area contributed by atoms with E-state index in [9.17, 15) is 9.90 Å². The monoisotopic (exact) mass is 245 g/mol. The van der Waals surface area contributed by atoms with Crippen LogP contribution in [0.25, 0.3) is 12.2 Å². The first-order valence-electron chi connectivity index (χ1n) is 5.16. The van der Waals surface area contributed by atoms with Crippen LogP contribution in [-0.4, -0.2) is 10.2 Å². The van der Waals surface area contributed by atoms with Crippen molar-refractivity contribution < 1.29 is 14.6 Å². The van der Waals surface area contributed by atoms with Crippen molar-refractivity contribution in [3.8, 4) is 11.5 Å². The van der Waals surface area contributed by atoms with Crippen LogP contribution in [-0.2, 0) is 0 Å². The van der Waals surface area contributed by atoms with Gasteiger partial charge in [-0.3, -0.25) is 0 Å². The average Bonchev–Trinajstić information content (AvgIpc) is 2.35. The minimum Gasteiger partial charge on any atom is -0.504 e. The fourth-order valence-electron chi connectivity index (χ4n) is 1.36. The van der Waals surface area contributed by atoms with E-state index < -0.39 is 17.1 Å². The molecule has 0 amide bonds. The molecular formula is C13H11NO4. The zero-order valence-electron chi connectivity index (χ0n) is 9.33. The van der Waals surface area contributed by atoms with Gasteiger partial charge in [0.25, 0.3) is 0 Å². The third-order valence-corrected chi connectivity index (χ3v) is 2.30. The number of benzene rings is 1. The van der Waals surface area contributed by atoms with E-state index in [1.807, 2.05) is 0 Å². The highest BCUT2D eigenvalue weighted by atomic mass is 16.4. The lowest BCUT2D eigenvalue weighted by atomic mass is 10.2. The molecule has 0 fully saturated rings. The fourth-order valence-corrected chi connectivity index (χ4v) is 1.36. The molecule has 2 rings (SSSR count). The molecule has 2 aromatic rings. The summed E-state index contributed by atoms with van der Waals surface area (Å²) in [6.07, 6.45) is 3.19. The number of aromatic hydroxyl groups is 2. The zero-order chi connectivity index (χ0) is 13.1. The Hall–Kier alpha value is -2.69. The number of hydrogen-bond acceptors (Lipinski definition) is 5. The summed E-state index contributed by atoms with van der Waals surface area (Å²) in [5.41, 5.74) is 6.08. The van der Waals surface area contributed by atoms with E-state index in [-0.39, 0.29) is 5.76 Å². The lowest BCUT2D eigenvalue weighted by Crippen LogP contribution is -1.98. The second-order valence-electron chi connectivity index (χ2n) is 3.67. The normalized spacial score (nSPS) is 10.9. The molecule has 0 spiro atoms. The summed E-state index contributed by atoms with van der Waals surface area (Å²) in [5.74, 6) is -1.16. The minimum atomic E-state index is -0.980. The number of anilines is 1. The van der Waals surface area contributed by atoms with Crippen molar-refractivity contribution in [1.82, 2.24) is 0 Å². The molecular weight excluding hydrogens is 234 g/mol. The van der Waals surface area contributed by atoms with Crippen molar-refractivity contribution >= 4 is 17.8 Å². The molecule has 5 heteroatoms. The van der Waals surface area contributed by atoms with E-state index in [0.29, 0.717) is 5.69 Å². The predicted octanol–water partition coefficient (Wildman–Crippen LogP) is 1.80. The minimum absolute atomic E-state index is 0.145. The Morgan fingerprint density at radius 1 is 1.11 bits per heavy atom. The summed E-state index contributed by atoms with van der Waals surface area (Å²) >= 11 is 0. The van der Waals surface area contributed by atoms with E-state index in [2.05, 4.69) is 0 Å². The van der Waals surface area contributed by atoms with E-state index in [1.54, 1.807) is 30.3 Å². The first kappa shape index (κ1) is 11.8. The topological polar surface area (TPSA) is 96.7 Å². The number of hydrogen-bond donors (Lipinski definition) is 3. The third-order valence-electron chi connectivity index (χ3n) is 2.30. The summed E-state index contributed by atoms with van der Waals surface area (Å²) in [5, 5.41) is 18.3. The number of nitrogen functional groups attached to an aromatic ring is 1. The van der Waals surface area contributed by atoms with Crippen LogP contribution in [0.1, 0.15) is 11.3 Å². The second kappa shape index (κ2) is 4.67. The Bertz CT molecular complexity index is 641. The summed E-state index contributed by atoms with van der Waals surface area (Å²) in [6, 6.07) is 8.23. The number of rotatable bonds is 2. The smallest absolute Gasteiger partial charge is 0.382 e. The number of nitrogens with two attached hydrogens (primary N) is 1. The summed E-state index contributed by atoms with van der Waals surface area (Å²) in [7, 11) is 0. The molecule has 0 aliphatic carbocycles. The maximum absolute atomic E-state index is 11.1. The van der Waals surface area contributed by atoms with Crippen LogP contribution in [0, 0.1) is 0 Å². The van der Waals surface area contributed by atoms with Crippen LogP contribution in [0.5, 0.6) is 11.5 Å². The lowest BCUT2D eigenvalue weighted by Gasteiger charge is -1.97. The van der Waals surface area contributed by atoms with Crippen molar-refractivity contribution in [2.24, 2.45) is 0 Å². The third kappa shape index (κ3) is 2.52. The highest BCUT2D eigenvalue weighted by molar-refractivity contribution is 5.68. The Morgan fingerprint density at radius 2 is 1.78 bits per heavy atom. The quantitative estimate of drug-likeness (QED) is 0.701. The van der Waals surface area contributed by atoms with Gasteiger partial charge in [-0.2, -0.15) is 0 Å². The largest absolute Gasteiger partial charge is 0.504 e. The maximum Gasteiger partial charge on any atom is 0.382 e. The van der Waals surface area contributed by atoms with Gasteiger partial charge in [-0.1, -0.05) is 18.2 Å². The molecule has 0 aliphatic rings. The Kier molecular flexibility index (Phi) is 3.05. The van der Waals surface area contributed by atoms with Gasteiger partial charge in [0.05, 0.1) is 0 Å². The van der Waals surface area contributed by atoms with Crippen LogP contribution in [0.15, 0.2) is 39.5 Å². The molecule has 0 atom stereocenters. The van der Waals surface area contributed by atoms with Crippen LogP contribution < -0.4 is 11.4 Å². The van der Waals surface area contributed by atoms with Gasteiger partial charge in [-0.25, -0.2) is 4.79 Å². The predicted molar refractivity (Wildman–Crippen MR) is 68.1 cm³/mol. The fraction of sp³-hybridized carbons (Fsp3) is 0. The van der Waals surface area contributed by atoms with E-state index in [1.165, 1.54) is 6.08 Å². The van der Waals surface area contributed by atoms with Crippen LogP contribution in [0.3, 0.4) is 0 Å².